The number of aliphatic hydroxyl groups excluding tert-OH is 1. The fraction of sp³-hybridized carbons (Fsp3) is 0.923. The highest BCUT2D eigenvalue weighted by molar-refractivity contribution is 5.75. The van der Waals surface area contributed by atoms with Crippen molar-refractivity contribution in [1.82, 2.24) is 5.32 Å². The maximum atomic E-state index is 11.6. The number of unbranched alkanes of at least 4 members (excludes halogenated alkanes) is 3. The summed E-state index contributed by atoms with van der Waals surface area (Å²) in [7, 11) is 0. The van der Waals surface area contributed by atoms with Gasteiger partial charge >= 0.3 is 5.97 Å². The zero-order valence-corrected chi connectivity index (χ0v) is 11.2. The number of carbonyl (C=O) groups is 1. The van der Waals surface area contributed by atoms with E-state index in [0.29, 0.717) is 6.61 Å². The molecule has 0 bridgehead atoms. The standard InChI is InChI=1S/C13H27NO3/c1-3-5-9-12(13(16)17-4-2)14-10-7-6-8-11-15/h12,14-15H,3-11H2,1-2H3/t12-/m0/s1. The summed E-state index contributed by atoms with van der Waals surface area (Å²) in [5.41, 5.74) is 0. The molecule has 4 nitrogen and oxygen atoms in total. The zero-order valence-electron chi connectivity index (χ0n) is 11.2. The minimum atomic E-state index is -0.163. The van der Waals surface area contributed by atoms with Gasteiger partial charge in [0.1, 0.15) is 6.04 Å². The second kappa shape index (κ2) is 11.9. The Kier molecular flexibility index (Phi) is 11.4. The van der Waals surface area contributed by atoms with Crippen molar-refractivity contribution in [3.63, 3.8) is 0 Å². The first-order chi connectivity index (χ1) is 8.26. The van der Waals surface area contributed by atoms with Gasteiger partial charge in [0.05, 0.1) is 6.61 Å². The number of esters is 1. The van der Waals surface area contributed by atoms with Crippen LogP contribution in [0.3, 0.4) is 0 Å². The predicted molar refractivity (Wildman–Crippen MR) is 68.9 cm³/mol. The fourth-order valence-electron chi connectivity index (χ4n) is 1.64. The van der Waals surface area contributed by atoms with Crippen LogP contribution >= 0.6 is 0 Å². The molecule has 1 atom stereocenters. The van der Waals surface area contributed by atoms with E-state index in [2.05, 4.69) is 12.2 Å². The number of rotatable bonds is 11. The SMILES string of the molecule is CCCC[C@H](NCCCCCO)C(=O)OCC. The van der Waals surface area contributed by atoms with E-state index >= 15 is 0 Å². The van der Waals surface area contributed by atoms with Gasteiger partial charge in [-0.3, -0.25) is 4.79 Å². The van der Waals surface area contributed by atoms with Gasteiger partial charge in [-0.25, -0.2) is 0 Å². The van der Waals surface area contributed by atoms with Crippen molar-refractivity contribution >= 4 is 5.97 Å². The van der Waals surface area contributed by atoms with Crippen LogP contribution in [0.2, 0.25) is 0 Å². The molecule has 0 rings (SSSR count). The molecule has 0 aliphatic carbocycles. The van der Waals surface area contributed by atoms with Gasteiger partial charge < -0.3 is 15.2 Å². The van der Waals surface area contributed by atoms with Crippen molar-refractivity contribution in [1.29, 1.82) is 0 Å². The third-order valence-corrected chi connectivity index (χ3v) is 2.64. The van der Waals surface area contributed by atoms with Crippen LogP contribution < -0.4 is 5.32 Å². The Hall–Kier alpha value is -0.610. The van der Waals surface area contributed by atoms with Crippen LogP contribution in [0.25, 0.3) is 0 Å². The maximum Gasteiger partial charge on any atom is 0.323 e. The third kappa shape index (κ3) is 9.12. The molecule has 0 aromatic rings. The molecule has 0 aliphatic heterocycles. The number of carbonyl (C=O) groups excluding carboxylic acids is 1. The summed E-state index contributed by atoms with van der Waals surface area (Å²) in [4.78, 5) is 11.6. The number of ether oxygens (including phenoxy) is 1. The Labute approximate surface area is 105 Å². The van der Waals surface area contributed by atoms with Gasteiger partial charge in [0, 0.05) is 6.61 Å². The average Bonchev–Trinajstić information content (AvgIpc) is 2.33. The molecule has 102 valence electrons. The topological polar surface area (TPSA) is 58.6 Å². The van der Waals surface area contributed by atoms with E-state index in [9.17, 15) is 4.79 Å². The lowest BCUT2D eigenvalue weighted by Gasteiger charge is -2.16. The van der Waals surface area contributed by atoms with Crippen LogP contribution in [0, 0.1) is 0 Å². The van der Waals surface area contributed by atoms with Crippen LogP contribution in [-0.4, -0.2) is 36.9 Å². The fourth-order valence-corrected chi connectivity index (χ4v) is 1.64. The molecule has 0 unspecified atom stereocenters. The van der Waals surface area contributed by atoms with E-state index in [4.69, 9.17) is 9.84 Å². The van der Waals surface area contributed by atoms with Gasteiger partial charge in [-0.05, 0) is 39.2 Å². The van der Waals surface area contributed by atoms with Crippen molar-refractivity contribution in [2.75, 3.05) is 19.8 Å². The van der Waals surface area contributed by atoms with Gasteiger partial charge in [0.2, 0.25) is 0 Å². The van der Waals surface area contributed by atoms with E-state index in [1.165, 1.54) is 0 Å². The molecule has 4 heteroatoms. The first-order valence-corrected chi connectivity index (χ1v) is 6.77. The van der Waals surface area contributed by atoms with Crippen LogP contribution in [0.15, 0.2) is 0 Å². The maximum absolute atomic E-state index is 11.6. The molecule has 0 aliphatic rings. The summed E-state index contributed by atoms with van der Waals surface area (Å²) >= 11 is 0. The molecule has 0 saturated heterocycles. The molecule has 0 radical (unpaired) electrons. The van der Waals surface area contributed by atoms with Crippen molar-refractivity contribution < 1.29 is 14.6 Å². The van der Waals surface area contributed by atoms with Crippen molar-refractivity contribution in [2.45, 2.75) is 58.4 Å². The average molecular weight is 245 g/mol. The molecule has 0 fully saturated rings. The quantitative estimate of drug-likeness (QED) is 0.431. The molecular formula is C13H27NO3. The lowest BCUT2D eigenvalue weighted by atomic mass is 10.1. The Bertz CT molecular complexity index is 186. The predicted octanol–water partition coefficient (Wildman–Crippen LogP) is 1.86. The Morgan fingerprint density at radius 2 is 2.00 bits per heavy atom. The molecule has 2 N–H and O–H groups in total. The van der Waals surface area contributed by atoms with Crippen LogP contribution in [0.1, 0.15) is 52.4 Å². The second-order valence-electron chi connectivity index (χ2n) is 4.19. The minimum Gasteiger partial charge on any atom is -0.465 e. The van der Waals surface area contributed by atoms with E-state index < -0.39 is 0 Å². The van der Waals surface area contributed by atoms with Crippen molar-refractivity contribution in [2.24, 2.45) is 0 Å². The molecule has 0 heterocycles. The normalized spacial score (nSPS) is 12.4. The van der Waals surface area contributed by atoms with Gasteiger partial charge in [0.15, 0.2) is 0 Å². The highest BCUT2D eigenvalue weighted by Gasteiger charge is 2.17. The smallest absolute Gasteiger partial charge is 0.323 e. The van der Waals surface area contributed by atoms with E-state index in [1.54, 1.807) is 0 Å². The van der Waals surface area contributed by atoms with Crippen LogP contribution in [-0.2, 0) is 9.53 Å². The molecule has 17 heavy (non-hydrogen) atoms. The first-order valence-electron chi connectivity index (χ1n) is 6.77. The van der Waals surface area contributed by atoms with Gasteiger partial charge in [-0.1, -0.05) is 19.8 Å². The number of nitrogens with one attached hydrogen (secondary N) is 1. The van der Waals surface area contributed by atoms with Crippen molar-refractivity contribution in [3.05, 3.63) is 0 Å². The van der Waals surface area contributed by atoms with Gasteiger partial charge in [-0.15, -0.1) is 0 Å². The van der Waals surface area contributed by atoms with Gasteiger partial charge in [-0.2, -0.15) is 0 Å². The van der Waals surface area contributed by atoms with E-state index in [-0.39, 0.29) is 18.6 Å². The molecule has 0 saturated carbocycles. The largest absolute Gasteiger partial charge is 0.465 e. The Morgan fingerprint density at radius 1 is 1.24 bits per heavy atom. The summed E-state index contributed by atoms with van der Waals surface area (Å²) in [6, 6.07) is -0.163. The first kappa shape index (κ1) is 16.4. The summed E-state index contributed by atoms with van der Waals surface area (Å²) in [5.74, 6) is -0.136. The zero-order chi connectivity index (χ0) is 12.9. The minimum absolute atomic E-state index is 0.136. The van der Waals surface area contributed by atoms with Crippen LogP contribution in [0.4, 0.5) is 0 Å². The Morgan fingerprint density at radius 3 is 2.59 bits per heavy atom. The summed E-state index contributed by atoms with van der Waals surface area (Å²) in [5, 5.41) is 11.9. The third-order valence-electron chi connectivity index (χ3n) is 2.64. The van der Waals surface area contributed by atoms with E-state index in [0.717, 1.165) is 45.1 Å². The molecule has 0 spiro atoms. The molecule has 0 amide bonds. The summed E-state index contributed by atoms with van der Waals surface area (Å²) < 4.78 is 5.04. The Balaban J connectivity index is 3.80. The highest BCUT2D eigenvalue weighted by atomic mass is 16.5. The lowest BCUT2D eigenvalue weighted by molar-refractivity contribution is -0.145. The second-order valence-corrected chi connectivity index (χ2v) is 4.19. The summed E-state index contributed by atoms with van der Waals surface area (Å²) in [6.07, 6.45) is 5.78. The molecule has 0 aromatic carbocycles. The molecular weight excluding hydrogens is 218 g/mol. The van der Waals surface area contributed by atoms with Crippen molar-refractivity contribution in [3.8, 4) is 0 Å². The van der Waals surface area contributed by atoms with E-state index in [1.807, 2.05) is 6.92 Å². The molecule has 0 aromatic heterocycles. The number of hydrogen-bond acceptors (Lipinski definition) is 4. The summed E-state index contributed by atoms with van der Waals surface area (Å²) in [6.45, 7) is 5.44. The lowest BCUT2D eigenvalue weighted by Crippen LogP contribution is -2.38. The monoisotopic (exact) mass is 245 g/mol. The van der Waals surface area contributed by atoms with Crippen LogP contribution in [0.5, 0.6) is 0 Å². The highest BCUT2D eigenvalue weighted by Crippen LogP contribution is 2.03. The number of aliphatic hydroxyl groups is 1. The number of hydrogen-bond donors (Lipinski definition) is 2. The van der Waals surface area contributed by atoms with Gasteiger partial charge in [0.25, 0.3) is 0 Å².